The molecule has 7 heteroatoms. The Bertz CT molecular complexity index is 1150. The van der Waals surface area contributed by atoms with Crippen LogP contribution >= 0.6 is 0 Å². The van der Waals surface area contributed by atoms with Gasteiger partial charge in [-0.2, -0.15) is 0 Å². The fraction of sp³-hybridized carbons (Fsp3) is 0.261. The van der Waals surface area contributed by atoms with E-state index in [4.69, 9.17) is 4.52 Å². The number of carbonyl (C=O) groups is 2. The molecule has 0 bridgehead atoms. The second-order valence-electron chi connectivity index (χ2n) is 7.87. The van der Waals surface area contributed by atoms with E-state index in [1.54, 1.807) is 30.9 Å². The van der Waals surface area contributed by atoms with E-state index in [1.165, 1.54) is 12.1 Å². The van der Waals surface area contributed by atoms with Crippen molar-refractivity contribution in [2.24, 2.45) is 0 Å². The van der Waals surface area contributed by atoms with Crippen molar-refractivity contribution < 1.29 is 18.5 Å². The van der Waals surface area contributed by atoms with Gasteiger partial charge in [-0.05, 0) is 49.6 Å². The molecule has 0 unspecified atom stereocenters. The molecule has 1 saturated heterocycles. The molecule has 0 saturated carbocycles. The Morgan fingerprint density at radius 3 is 2.63 bits per heavy atom. The number of nitrogens with one attached hydrogen (secondary N) is 1. The molecule has 152 valence electrons. The molecule has 1 aromatic heterocycles. The summed E-state index contributed by atoms with van der Waals surface area (Å²) >= 11 is 0. The zero-order valence-electron chi connectivity index (χ0n) is 16.6. The monoisotopic (exact) mass is 405 g/mol. The van der Waals surface area contributed by atoms with Gasteiger partial charge in [-0.3, -0.25) is 9.59 Å². The summed E-state index contributed by atoms with van der Waals surface area (Å²) in [5, 5.41) is 6.88. The van der Waals surface area contributed by atoms with Crippen LogP contribution in [0.3, 0.4) is 0 Å². The number of halogens is 1. The van der Waals surface area contributed by atoms with Crippen molar-refractivity contribution >= 4 is 17.5 Å². The van der Waals surface area contributed by atoms with Crippen molar-refractivity contribution in [1.29, 1.82) is 0 Å². The number of amides is 2. The number of para-hydroxylation sites is 1. The van der Waals surface area contributed by atoms with E-state index < -0.39 is 11.5 Å². The summed E-state index contributed by atoms with van der Waals surface area (Å²) in [6, 6.07) is 13.0. The molecule has 1 spiro atoms. The molecule has 2 aromatic carbocycles. The highest BCUT2D eigenvalue weighted by Gasteiger charge is 2.59. The molecule has 1 N–H and O–H groups in total. The van der Waals surface area contributed by atoms with Gasteiger partial charge in [-0.1, -0.05) is 35.5 Å². The summed E-state index contributed by atoms with van der Waals surface area (Å²) in [4.78, 5) is 28.6. The van der Waals surface area contributed by atoms with Crippen LogP contribution in [0.1, 0.15) is 45.4 Å². The average Bonchev–Trinajstić information content (AvgIpc) is 3.38. The van der Waals surface area contributed by atoms with Crippen LogP contribution in [0, 0.1) is 19.7 Å². The van der Waals surface area contributed by atoms with Gasteiger partial charge in [0.2, 0.25) is 5.91 Å². The topological polar surface area (TPSA) is 75.4 Å². The van der Waals surface area contributed by atoms with E-state index in [1.807, 2.05) is 24.3 Å². The van der Waals surface area contributed by atoms with Crippen LogP contribution < -0.4 is 5.32 Å². The number of likely N-dealkylation sites (tertiary alicyclic amines) is 1. The molecule has 2 atom stereocenters. The number of aryl methyl sites for hydroxylation is 2. The lowest BCUT2D eigenvalue weighted by molar-refractivity contribution is -0.121. The first-order valence-electron chi connectivity index (χ1n) is 9.84. The van der Waals surface area contributed by atoms with Gasteiger partial charge < -0.3 is 14.7 Å². The minimum absolute atomic E-state index is 0.146. The Morgan fingerprint density at radius 2 is 1.93 bits per heavy atom. The van der Waals surface area contributed by atoms with Gasteiger partial charge in [0, 0.05) is 12.2 Å². The van der Waals surface area contributed by atoms with E-state index in [-0.39, 0.29) is 17.6 Å². The number of nitrogens with zero attached hydrogens (tertiary/aromatic N) is 2. The lowest BCUT2D eigenvalue weighted by atomic mass is 9.72. The third kappa shape index (κ3) is 2.44. The number of carbonyl (C=O) groups excluding carboxylic acids is 2. The highest BCUT2D eigenvalue weighted by molar-refractivity contribution is 6.08. The minimum atomic E-state index is -0.941. The van der Waals surface area contributed by atoms with Crippen molar-refractivity contribution in [3.05, 3.63) is 82.5 Å². The lowest BCUT2D eigenvalue weighted by Crippen LogP contribution is -2.42. The Morgan fingerprint density at radius 1 is 1.20 bits per heavy atom. The number of anilines is 1. The van der Waals surface area contributed by atoms with Crippen molar-refractivity contribution in [3.63, 3.8) is 0 Å². The molecule has 0 aliphatic carbocycles. The summed E-state index contributed by atoms with van der Waals surface area (Å²) in [6.45, 7) is 3.80. The van der Waals surface area contributed by atoms with Gasteiger partial charge in [0.25, 0.3) is 5.91 Å². The Kier molecular flexibility index (Phi) is 4.03. The Balaban J connectivity index is 1.69. The molecule has 30 heavy (non-hydrogen) atoms. The van der Waals surface area contributed by atoms with Crippen LogP contribution in [-0.4, -0.2) is 28.4 Å². The molecule has 6 nitrogen and oxygen atoms in total. The summed E-state index contributed by atoms with van der Waals surface area (Å²) in [6.07, 6.45) is 0.465. The molecule has 1 fully saturated rings. The summed E-state index contributed by atoms with van der Waals surface area (Å²) in [5.74, 6) is -0.319. The predicted octanol–water partition coefficient (Wildman–Crippen LogP) is 3.91. The van der Waals surface area contributed by atoms with Gasteiger partial charge in [-0.15, -0.1) is 0 Å². The van der Waals surface area contributed by atoms with Crippen LogP contribution in [0.4, 0.5) is 10.1 Å². The highest BCUT2D eigenvalue weighted by atomic mass is 19.1. The van der Waals surface area contributed by atoms with Crippen molar-refractivity contribution in [2.75, 3.05) is 11.9 Å². The second kappa shape index (κ2) is 6.52. The maximum atomic E-state index is 13.7. The number of hydrogen-bond acceptors (Lipinski definition) is 4. The quantitative estimate of drug-likeness (QED) is 0.702. The first kappa shape index (κ1) is 18.5. The van der Waals surface area contributed by atoms with E-state index in [9.17, 15) is 14.0 Å². The van der Waals surface area contributed by atoms with E-state index in [0.29, 0.717) is 35.5 Å². The maximum Gasteiger partial charge on any atom is 0.259 e. The van der Waals surface area contributed by atoms with Gasteiger partial charge in [0.15, 0.2) is 0 Å². The lowest BCUT2D eigenvalue weighted by Gasteiger charge is -2.34. The van der Waals surface area contributed by atoms with Crippen LogP contribution in [0.15, 0.2) is 53.1 Å². The van der Waals surface area contributed by atoms with Crippen LogP contribution in [0.5, 0.6) is 0 Å². The number of aromatic nitrogens is 1. The molecule has 3 heterocycles. The van der Waals surface area contributed by atoms with Crippen LogP contribution in [-0.2, 0) is 10.2 Å². The summed E-state index contributed by atoms with van der Waals surface area (Å²) in [5.41, 5.74) is 2.29. The molecule has 0 radical (unpaired) electrons. The average molecular weight is 405 g/mol. The van der Waals surface area contributed by atoms with Gasteiger partial charge in [0.1, 0.15) is 22.6 Å². The van der Waals surface area contributed by atoms with Crippen molar-refractivity contribution in [2.45, 2.75) is 31.7 Å². The van der Waals surface area contributed by atoms with Gasteiger partial charge >= 0.3 is 0 Å². The molecule has 5 rings (SSSR count). The zero-order chi connectivity index (χ0) is 21.0. The van der Waals surface area contributed by atoms with Gasteiger partial charge in [0.05, 0.1) is 11.7 Å². The van der Waals surface area contributed by atoms with E-state index >= 15 is 0 Å². The Hall–Kier alpha value is -3.48. The molecule has 2 aliphatic rings. The molecule has 3 aromatic rings. The van der Waals surface area contributed by atoms with Crippen LogP contribution in [0.2, 0.25) is 0 Å². The Labute approximate surface area is 172 Å². The first-order chi connectivity index (χ1) is 14.4. The predicted molar refractivity (Wildman–Crippen MR) is 108 cm³/mol. The second-order valence-corrected chi connectivity index (χ2v) is 7.87. The molecule has 2 amide bonds. The zero-order valence-corrected chi connectivity index (χ0v) is 16.6. The fourth-order valence-electron chi connectivity index (χ4n) is 4.95. The number of fused-ring (bicyclic) bond motifs is 2. The maximum absolute atomic E-state index is 13.7. The SMILES string of the molecule is Cc1noc(C)c1C(=O)N1CC[C@]2(C(=O)Nc3ccccc32)[C@@H]1c1ccc(F)cc1. The minimum Gasteiger partial charge on any atom is -0.361 e. The standard InChI is InChI=1S/C23H20FN3O3/c1-13-19(14(2)30-26-13)21(28)27-12-11-23(20(27)15-7-9-16(24)10-8-15)17-5-3-4-6-18(17)25-22(23)29/h3-10,20H,11-12H2,1-2H3,(H,25,29)/t20-,23+/m0/s1. The third-order valence-corrected chi connectivity index (χ3v) is 6.28. The normalized spacial score (nSPS) is 22.4. The van der Waals surface area contributed by atoms with Crippen LogP contribution in [0.25, 0.3) is 0 Å². The van der Waals surface area contributed by atoms with E-state index in [0.717, 1.165) is 11.3 Å². The van der Waals surface area contributed by atoms with Gasteiger partial charge in [-0.25, -0.2) is 4.39 Å². The number of hydrogen-bond donors (Lipinski definition) is 1. The number of benzene rings is 2. The van der Waals surface area contributed by atoms with E-state index in [2.05, 4.69) is 10.5 Å². The number of rotatable bonds is 2. The highest BCUT2D eigenvalue weighted by Crippen LogP contribution is 2.55. The summed E-state index contributed by atoms with van der Waals surface area (Å²) in [7, 11) is 0. The molecular weight excluding hydrogens is 385 g/mol. The third-order valence-electron chi connectivity index (χ3n) is 6.28. The largest absolute Gasteiger partial charge is 0.361 e. The first-order valence-corrected chi connectivity index (χ1v) is 9.84. The molecular formula is C23H20FN3O3. The smallest absolute Gasteiger partial charge is 0.259 e. The van der Waals surface area contributed by atoms with Crippen molar-refractivity contribution in [3.8, 4) is 0 Å². The fourth-order valence-corrected chi connectivity index (χ4v) is 4.95. The molecule has 2 aliphatic heterocycles. The summed E-state index contributed by atoms with van der Waals surface area (Å²) < 4.78 is 18.9. The van der Waals surface area contributed by atoms with Crippen molar-refractivity contribution in [1.82, 2.24) is 10.1 Å².